The number of carbonyl (C=O) groups excluding carboxylic acids is 1. The van der Waals surface area contributed by atoms with Gasteiger partial charge in [-0.25, -0.2) is 0 Å². The van der Waals surface area contributed by atoms with E-state index in [1.165, 1.54) is 32.2 Å². The van der Waals surface area contributed by atoms with Gasteiger partial charge in [0.2, 0.25) is 0 Å². The molecule has 0 aliphatic rings. The number of rotatable bonds is 7. The van der Waals surface area contributed by atoms with Gasteiger partial charge in [-0.2, -0.15) is 0 Å². The Hall–Kier alpha value is -1.70. The predicted molar refractivity (Wildman–Crippen MR) is 77.6 cm³/mol. The van der Waals surface area contributed by atoms with Crippen LogP contribution in [0.25, 0.3) is 0 Å². The van der Waals surface area contributed by atoms with Crippen molar-refractivity contribution < 1.29 is 19.6 Å². The van der Waals surface area contributed by atoms with Gasteiger partial charge in [-0.1, -0.05) is 17.7 Å². The first-order valence-corrected chi connectivity index (χ1v) is 6.59. The maximum atomic E-state index is 12.1. The van der Waals surface area contributed by atoms with Gasteiger partial charge in [-0.05, 0) is 13.0 Å². The molecular formula is C13H17ClN2O5. The third-order valence-electron chi connectivity index (χ3n) is 2.89. The Morgan fingerprint density at radius 3 is 2.81 bits per heavy atom. The summed E-state index contributed by atoms with van der Waals surface area (Å²) >= 11 is 5.85. The SMILES string of the molecule is COCCC(C)(O)CNC(=O)c1c(Cl)cccc1[N+](=O)[O-]. The number of nitrogens with one attached hydrogen (secondary N) is 1. The Kier molecular flexibility index (Phi) is 6.07. The zero-order valence-corrected chi connectivity index (χ0v) is 12.5. The first-order valence-electron chi connectivity index (χ1n) is 6.21. The van der Waals surface area contributed by atoms with Crippen LogP contribution < -0.4 is 5.32 Å². The second-order valence-corrected chi connectivity index (χ2v) is 5.22. The zero-order valence-electron chi connectivity index (χ0n) is 11.8. The van der Waals surface area contributed by atoms with Gasteiger partial charge in [0.25, 0.3) is 11.6 Å². The summed E-state index contributed by atoms with van der Waals surface area (Å²) in [5.74, 6) is -0.704. The molecule has 1 unspecified atom stereocenters. The molecule has 1 rings (SSSR count). The quantitative estimate of drug-likeness (QED) is 0.589. The number of nitro benzene ring substituents is 1. The molecule has 0 aliphatic heterocycles. The van der Waals surface area contributed by atoms with E-state index in [9.17, 15) is 20.0 Å². The number of halogens is 1. The van der Waals surface area contributed by atoms with Gasteiger partial charge in [0.1, 0.15) is 5.56 Å². The molecule has 0 radical (unpaired) electrons. The van der Waals surface area contributed by atoms with Crippen molar-refractivity contribution in [3.05, 3.63) is 38.9 Å². The predicted octanol–water partition coefficient (Wildman–Crippen LogP) is 1.77. The van der Waals surface area contributed by atoms with Crippen molar-refractivity contribution >= 4 is 23.2 Å². The first kappa shape index (κ1) is 17.4. The van der Waals surface area contributed by atoms with E-state index in [1.807, 2.05) is 0 Å². The van der Waals surface area contributed by atoms with Crippen molar-refractivity contribution in [3.63, 3.8) is 0 Å². The summed E-state index contributed by atoms with van der Waals surface area (Å²) in [5.41, 5.74) is -1.77. The number of nitrogens with zero attached hydrogens (tertiary/aromatic N) is 1. The molecule has 1 amide bonds. The minimum Gasteiger partial charge on any atom is -0.388 e. The van der Waals surface area contributed by atoms with Crippen LogP contribution in [0.2, 0.25) is 5.02 Å². The molecule has 0 saturated heterocycles. The smallest absolute Gasteiger partial charge is 0.283 e. The van der Waals surface area contributed by atoms with Crippen molar-refractivity contribution in [2.24, 2.45) is 0 Å². The van der Waals surface area contributed by atoms with E-state index in [1.54, 1.807) is 0 Å². The number of benzene rings is 1. The van der Waals surface area contributed by atoms with E-state index in [-0.39, 0.29) is 22.8 Å². The van der Waals surface area contributed by atoms with Crippen molar-refractivity contribution in [3.8, 4) is 0 Å². The minimum atomic E-state index is -1.18. The summed E-state index contributed by atoms with van der Waals surface area (Å²) in [5, 5.41) is 23.4. The first-order chi connectivity index (χ1) is 9.78. The molecule has 0 aliphatic carbocycles. The van der Waals surface area contributed by atoms with Gasteiger partial charge in [0.15, 0.2) is 0 Å². The molecule has 1 aromatic carbocycles. The van der Waals surface area contributed by atoms with E-state index in [0.717, 1.165) is 0 Å². The van der Waals surface area contributed by atoms with Crippen LogP contribution in [0.15, 0.2) is 18.2 Å². The second-order valence-electron chi connectivity index (χ2n) is 4.81. The maximum absolute atomic E-state index is 12.1. The summed E-state index contributed by atoms with van der Waals surface area (Å²) in [4.78, 5) is 22.3. The van der Waals surface area contributed by atoms with E-state index in [2.05, 4.69) is 5.32 Å². The van der Waals surface area contributed by atoms with Gasteiger partial charge < -0.3 is 15.2 Å². The van der Waals surface area contributed by atoms with Crippen molar-refractivity contribution in [1.82, 2.24) is 5.32 Å². The van der Waals surface area contributed by atoms with E-state index in [4.69, 9.17) is 16.3 Å². The van der Waals surface area contributed by atoms with Crippen LogP contribution in [0.5, 0.6) is 0 Å². The third kappa shape index (κ3) is 4.96. The highest BCUT2D eigenvalue weighted by molar-refractivity contribution is 6.34. The van der Waals surface area contributed by atoms with Gasteiger partial charge in [0, 0.05) is 32.7 Å². The highest BCUT2D eigenvalue weighted by Crippen LogP contribution is 2.26. The number of methoxy groups -OCH3 is 1. The largest absolute Gasteiger partial charge is 0.388 e. The fraction of sp³-hybridized carbons (Fsp3) is 0.462. The Morgan fingerprint density at radius 1 is 1.57 bits per heavy atom. The highest BCUT2D eigenvalue weighted by atomic mass is 35.5. The molecule has 21 heavy (non-hydrogen) atoms. The molecule has 0 aromatic heterocycles. The lowest BCUT2D eigenvalue weighted by atomic mass is 10.0. The van der Waals surface area contributed by atoms with E-state index >= 15 is 0 Å². The molecular weight excluding hydrogens is 300 g/mol. The number of ether oxygens (including phenoxy) is 1. The highest BCUT2D eigenvalue weighted by Gasteiger charge is 2.26. The fourth-order valence-corrected chi connectivity index (χ4v) is 1.91. The minimum absolute atomic E-state index is 0.0155. The molecule has 116 valence electrons. The van der Waals surface area contributed by atoms with Crippen molar-refractivity contribution in [1.29, 1.82) is 0 Å². The zero-order chi connectivity index (χ0) is 16.0. The van der Waals surface area contributed by atoms with Gasteiger partial charge >= 0.3 is 0 Å². The average Bonchev–Trinajstić information content (AvgIpc) is 2.42. The molecule has 8 heteroatoms. The number of hydrogen-bond donors (Lipinski definition) is 2. The summed E-state index contributed by atoms with van der Waals surface area (Å²) < 4.78 is 4.86. The van der Waals surface area contributed by atoms with E-state index in [0.29, 0.717) is 13.0 Å². The summed E-state index contributed by atoms with van der Waals surface area (Å²) in [6.07, 6.45) is 0.314. The summed E-state index contributed by atoms with van der Waals surface area (Å²) in [6.45, 7) is 1.79. The van der Waals surface area contributed by atoms with Crippen LogP contribution in [-0.4, -0.2) is 41.8 Å². The number of aliphatic hydroxyl groups is 1. The topological polar surface area (TPSA) is 102 Å². The van der Waals surface area contributed by atoms with Crippen LogP contribution in [-0.2, 0) is 4.74 Å². The molecule has 1 atom stereocenters. The van der Waals surface area contributed by atoms with Crippen LogP contribution >= 0.6 is 11.6 Å². The Morgan fingerprint density at radius 2 is 2.24 bits per heavy atom. The standard InChI is InChI=1S/C13H17ClN2O5/c1-13(18,6-7-21-2)8-15-12(17)11-9(14)4-3-5-10(11)16(19)20/h3-5,18H,6-8H2,1-2H3,(H,15,17). The molecule has 7 nitrogen and oxygen atoms in total. The maximum Gasteiger partial charge on any atom is 0.283 e. The molecule has 0 bridgehead atoms. The second kappa shape index (κ2) is 7.35. The van der Waals surface area contributed by atoms with E-state index < -0.39 is 16.4 Å². The summed E-state index contributed by atoms with van der Waals surface area (Å²) in [6, 6.07) is 3.99. The third-order valence-corrected chi connectivity index (χ3v) is 3.20. The number of carbonyl (C=O) groups is 1. The molecule has 0 fully saturated rings. The van der Waals surface area contributed by atoms with Crippen LogP contribution in [0.4, 0.5) is 5.69 Å². The monoisotopic (exact) mass is 316 g/mol. The number of hydrogen-bond acceptors (Lipinski definition) is 5. The molecule has 0 spiro atoms. The van der Waals surface area contributed by atoms with Crippen molar-refractivity contribution in [2.45, 2.75) is 18.9 Å². The molecule has 2 N–H and O–H groups in total. The average molecular weight is 317 g/mol. The van der Waals surface area contributed by atoms with Gasteiger partial charge in [-0.3, -0.25) is 14.9 Å². The molecule has 0 saturated carbocycles. The molecule has 0 heterocycles. The normalized spacial score (nSPS) is 13.5. The Bertz CT molecular complexity index is 533. The lowest BCUT2D eigenvalue weighted by molar-refractivity contribution is -0.385. The fourth-order valence-electron chi connectivity index (χ4n) is 1.66. The van der Waals surface area contributed by atoms with Crippen LogP contribution in [0.1, 0.15) is 23.7 Å². The van der Waals surface area contributed by atoms with Crippen LogP contribution in [0.3, 0.4) is 0 Å². The van der Waals surface area contributed by atoms with Gasteiger partial charge in [0.05, 0.1) is 15.5 Å². The lowest BCUT2D eigenvalue weighted by Crippen LogP contribution is -2.41. The molecule has 1 aromatic rings. The van der Waals surface area contributed by atoms with Gasteiger partial charge in [-0.15, -0.1) is 0 Å². The number of nitro groups is 1. The van der Waals surface area contributed by atoms with Crippen LogP contribution in [0, 0.1) is 10.1 Å². The Labute approximate surface area is 127 Å². The summed E-state index contributed by atoms with van der Waals surface area (Å²) in [7, 11) is 1.50. The lowest BCUT2D eigenvalue weighted by Gasteiger charge is -2.23. The van der Waals surface area contributed by atoms with Crippen molar-refractivity contribution in [2.75, 3.05) is 20.3 Å². The Balaban J connectivity index is 2.84. The number of amides is 1.